The molecule has 1 saturated carbocycles. The van der Waals surface area contributed by atoms with Crippen LogP contribution in [0.2, 0.25) is 0 Å². The van der Waals surface area contributed by atoms with Gasteiger partial charge in [-0.2, -0.15) is 18.2 Å². The lowest BCUT2D eigenvalue weighted by Crippen LogP contribution is -2.31. The van der Waals surface area contributed by atoms with Crippen LogP contribution in [-0.4, -0.2) is 43.7 Å². The fourth-order valence-electron chi connectivity index (χ4n) is 5.08. The molecule has 1 aliphatic rings. The zero-order valence-electron chi connectivity index (χ0n) is 22.6. The summed E-state index contributed by atoms with van der Waals surface area (Å²) in [5.74, 6) is 2.14. The summed E-state index contributed by atoms with van der Waals surface area (Å²) < 4.78 is 41.5. The van der Waals surface area contributed by atoms with Crippen molar-refractivity contribution in [2.45, 2.75) is 51.0 Å². The molecule has 41 heavy (non-hydrogen) atoms. The second-order valence-corrected chi connectivity index (χ2v) is 10.3. The number of rotatable bonds is 9. The van der Waals surface area contributed by atoms with Crippen LogP contribution in [0.5, 0.6) is 0 Å². The Kier molecular flexibility index (Phi) is 7.58. The summed E-state index contributed by atoms with van der Waals surface area (Å²) in [6.07, 6.45) is 4.73. The smallest absolute Gasteiger partial charge is 0.416 e. The molecule has 0 aliphatic heterocycles. The van der Waals surface area contributed by atoms with Crippen molar-refractivity contribution < 1.29 is 23.1 Å². The van der Waals surface area contributed by atoms with E-state index in [1.54, 1.807) is 16.5 Å². The second kappa shape index (κ2) is 11.1. The monoisotopic (exact) mass is 562 g/mol. The quantitative estimate of drug-likeness (QED) is 0.242. The van der Waals surface area contributed by atoms with Gasteiger partial charge in [0, 0.05) is 13.1 Å². The van der Waals surface area contributed by atoms with E-state index < -0.39 is 29.6 Å². The summed E-state index contributed by atoms with van der Waals surface area (Å²) in [4.78, 5) is 27.0. The predicted molar refractivity (Wildman–Crippen MR) is 150 cm³/mol. The van der Waals surface area contributed by atoms with E-state index in [1.807, 2.05) is 37.3 Å². The van der Waals surface area contributed by atoms with Gasteiger partial charge in [-0.15, -0.1) is 6.42 Å². The van der Waals surface area contributed by atoms with Gasteiger partial charge < -0.3 is 19.9 Å². The Labute approximate surface area is 235 Å². The normalized spacial score (nSPS) is 15.1. The first kappa shape index (κ1) is 28.0. The number of alkyl halides is 3. The van der Waals surface area contributed by atoms with Crippen molar-refractivity contribution in [3.8, 4) is 12.3 Å². The second-order valence-electron chi connectivity index (χ2n) is 10.3. The van der Waals surface area contributed by atoms with Crippen LogP contribution in [0.4, 0.5) is 24.9 Å². The lowest BCUT2D eigenvalue weighted by atomic mass is 9.80. The molecule has 0 radical (unpaired) electrons. The fourth-order valence-corrected chi connectivity index (χ4v) is 5.08. The van der Waals surface area contributed by atoms with E-state index in [2.05, 4.69) is 21.2 Å². The van der Waals surface area contributed by atoms with Crippen LogP contribution in [0.3, 0.4) is 0 Å². The number of carbonyl (C=O) groups is 1. The number of fused-ring (bicyclic) bond motifs is 1. The third-order valence-electron chi connectivity index (χ3n) is 7.59. The largest absolute Gasteiger partial charge is 0.475 e. The van der Waals surface area contributed by atoms with Crippen LogP contribution >= 0.6 is 0 Å². The minimum Gasteiger partial charge on any atom is -0.475 e. The first-order valence-electron chi connectivity index (χ1n) is 13.2. The third kappa shape index (κ3) is 5.68. The average Bonchev–Trinajstić information content (AvgIpc) is 3.27. The van der Waals surface area contributed by atoms with E-state index >= 15 is 0 Å². The molecule has 0 amide bonds. The van der Waals surface area contributed by atoms with Gasteiger partial charge in [-0.05, 0) is 48.9 Å². The van der Waals surface area contributed by atoms with Gasteiger partial charge in [-0.3, -0.25) is 0 Å². The lowest BCUT2D eigenvalue weighted by molar-refractivity contribution is -0.137. The van der Waals surface area contributed by atoms with Crippen LogP contribution < -0.4 is 10.2 Å². The van der Waals surface area contributed by atoms with E-state index in [-0.39, 0.29) is 18.2 Å². The number of hydrogen-bond acceptors (Lipinski definition) is 6. The molecule has 2 aromatic heterocycles. The molecule has 0 spiro atoms. The number of nitrogens with zero attached hydrogens (tertiary/aromatic N) is 5. The SMILES string of the molecule is C#C[C@@H](c1ccccc1)N(C)c1nc2nc(C(=O)O)nc(N[C@H](C)C3CCC3)c2n1Cc1ccc(C(F)(F)F)cc1. The van der Waals surface area contributed by atoms with Crippen molar-refractivity contribution in [1.82, 2.24) is 19.5 Å². The summed E-state index contributed by atoms with van der Waals surface area (Å²) in [5, 5.41) is 13.1. The molecule has 2 N–H and O–H groups in total. The maximum absolute atomic E-state index is 13.2. The van der Waals surface area contributed by atoms with E-state index in [0.717, 1.165) is 37.0 Å². The number of aromatic carboxylic acids is 1. The van der Waals surface area contributed by atoms with Gasteiger partial charge in [-0.1, -0.05) is 54.8 Å². The van der Waals surface area contributed by atoms with Crippen LogP contribution in [0.1, 0.15) is 59.5 Å². The van der Waals surface area contributed by atoms with E-state index in [4.69, 9.17) is 11.4 Å². The standard InChI is InChI=1S/C30H29F3N6O2/c1-4-23(21-9-6-5-7-10-21)38(3)29-37-26-24(39(29)17-19-13-15-22(16-14-19)30(31,32)33)25(35-27(36-26)28(40)41)34-18(2)20-11-8-12-20/h1,5-7,9-10,13-16,18,20,23H,8,11-12,17H2,2-3H3,(H,40,41)(H,34,35,36)/t18-,23+/m1/s1. The number of carboxylic acids is 1. The molecule has 2 aromatic carbocycles. The summed E-state index contributed by atoms with van der Waals surface area (Å²) >= 11 is 0. The number of anilines is 2. The van der Waals surface area contributed by atoms with Gasteiger partial charge in [0.1, 0.15) is 11.6 Å². The Morgan fingerprint density at radius 3 is 2.39 bits per heavy atom. The Balaban J connectivity index is 1.67. The molecular formula is C30H29F3N6O2. The number of hydrogen-bond donors (Lipinski definition) is 2. The van der Waals surface area contributed by atoms with Crippen molar-refractivity contribution in [2.24, 2.45) is 5.92 Å². The molecule has 212 valence electrons. The number of nitrogens with one attached hydrogen (secondary N) is 1. The van der Waals surface area contributed by atoms with Crippen LogP contribution in [-0.2, 0) is 12.7 Å². The summed E-state index contributed by atoms with van der Waals surface area (Å²) in [6, 6.07) is 13.7. The minimum absolute atomic E-state index is 0.00173. The van der Waals surface area contributed by atoms with Crippen LogP contribution in [0.25, 0.3) is 11.2 Å². The summed E-state index contributed by atoms with van der Waals surface area (Å²) in [7, 11) is 1.76. The molecule has 11 heteroatoms. The van der Waals surface area contributed by atoms with E-state index in [1.165, 1.54) is 12.1 Å². The lowest BCUT2D eigenvalue weighted by Gasteiger charge is -2.32. The van der Waals surface area contributed by atoms with Crippen molar-refractivity contribution in [2.75, 3.05) is 17.3 Å². The first-order valence-corrected chi connectivity index (χ1v) is 13.2. The molecule has 1 aliphatic carbocycles. The molecule has 8 nitrogen and oxygen atoms in total. The van der Waals surface area contributed by atoms with Crippen LogP contribution in [0, 0.1) is 18.3 Å². The number of terminal acetylenes is 1. The van der Waals surface area contributed by atoms with Gasteiger partial charge in [0.2, 0.25) is 11.8 Å². The average molecular weight is 563 g/mol. The van der Waals surface area contributed by atoms with Gasteiger partial charge in [0.05, 0.1) is 12.1 Å². The summed E-state index contributed by atoms with van der Waals surface area (Å²) in [6.45, 7) is 2.13. The molecule has 2 atom stereocenters. The van der Waals surface area contributed by atoms with Gasteiger partial charge in [0.25, 0.3) is 0 Å². The molecule has 1 fully saturated rings. The zero-order chi connectivity index (χ0) is 29.3. The Morgan fingerprint density at radius 2 is 1.83 bits per heavy atom. The van der Waals surface area contributed by atoms with Crippen molar-refractivity contribution >= 4 is 28.9 Å². The predicted octanol–water partition coefficient (Wildman–Crippen LogP) is 6.00. The highest BCUT2D eigenvalue weighted by molar-refractivity contribution is 5.91. The highest BCUT2D eigenvalue weighted by Crippen LogP contribution is 2.35. The Morgan fingerprint density at radius 1 is 1.15 bits per heavy atom. The fraction of sp³-hybridized carbons (Fsp3) is 0.333. The molecule has 0 bridgehead atoms. The van der Waals surface area contributed by atoms with Crippen molar-refractivity contribution in [3.05, 3.63) is 77.1 Å². The highest BCUT2D eigenvalue weighted by Gasteiger charge is 2.31. The number of carboxylic acid groups (broad SMARTS) is 1. The third-order valence-corrected chi connectivity index (χ3v) is 7.59. The number of halogens is 3. The first-order chi connectivity index (χ1) is 19.6. The number of benzene rings is 2. The zero-order valence-corrected chi connectivity index (χ0v) is 22.6. The molecule has 0 unspecified atom stereocenters. The highest BCUT2D eigenvalue weighted by atomic mass is 19.4. The molecule has 0 saturated heterocycles. The minimum atomic E-state index is -4.46. The molecule has 2 heterocycles. The molecular weight excluding hydrogens is 533 g/mol. The van der Waals surface area contributed by atoms with Gasteiger partial charge >= 0.3 is 12.1 Å². The van der Waals surface area contributed by atoms with Gasteiger partial charge in [-0.25, -0.2) is 14.8 Å². The van der Waals surface area contributed by atoms with Gasteiger partial charge in [0.15, 0.2) is 11.5 Å². The maximum Gasteiger partial charge on any atom is 0.416 e. The Bertz CT molecular complexity index is 1590. The molecule has 4 aromatic rings. The molecule has 5 rings (SSSR count). The number of imidazole rings is 1. The van der Waals surface area contributed by atoms with Crippen LogP contribution in [0.15, 0.2) is 54.6 Å². The van der Waals surface area contributed by atoms with E-state index in [0.29, 0.717) is 28.8 Å². The number of aromatic nitrogens is 4. The van der Waals surface area contributed by atoms with Crippen molar-refractivity contribution in [1.29, 1.82) is 0 Å². The summed E-state index contributed by atoms with van der Waals surface area (Å²) in [5.41, 5.74) is 1.23. The van der Waals surface area contributed by atoms with E-state index in [9.17, 15) is 23.1 Å². The van der Waals surface area contributed by atoms with Crippen molar-refractivity contribution in [3.63, 3.8) is 0 Å². The maximum atomic E-state index is 13.2. The topological polar surface area (TPSA) is 96.2 Å². The Hall–Kier alpha value is -4.59.